The van der Waals surface area contributed by atoms with Crippen molar-refractivity contribution in [1.82, 2.24) is 4.90 Å². The molecule has 2 heterocycles. The third kappa shape index (κ3) is 5.18. The molecule has 1 aliphatic rings. The number of ether oxygens (including phenoxy) is 2. The lowest BCUT2D eigenvalue weighted by atomic mass is 10.1. The number of halogens is 1. The molecular formula is C29H27ClN2O6. The highest BCUT2D eigenvalue weighted by Gasteiger charge is 2.23. The number of fused-ring (bicyclic) bond motifs is 1. The smallest absolute Gasteiger partial charge is 0.337 e. The lowest BCUT2D eigenvalue weighted by molar-refractivity contribution is 0.0600. The summed E-state index contributed by atoms with van der Waals surface area (Å²) in [6, 6.07) is 17.1. The summed E-state index contributed by atoms with van der Waals surface area (Å²) in [5.41, 5.74) is 2.02. The molecule has 0 radical (unpaired) electrons. The van der Waals surface area contributed by atoms with Gasteiger partial charge in [0.15, 0.2) is 0 Å². The minimum atomic E-state index is -0.462. The highest BCUT2D eigenvalue weighted by atomic mass is 35.5. The Bertz CT molecular complexity index is 1540. The SMILES string of the molecule is COC(=O)c1ccc(Oc2c(C)oc3c(CN4CCN(c5cccc(Cl)c5)CC4)c(O)ccc3c2=O)cc1. The normalized spacial score (nSPS) is 14.0. The number of anilines is 1. The van der Waals surface area contributed by atoms with E-state index in [-0.39, 0.29) is 22.7 Å². The molecular weight excluding hydrogens is 508 g/mol. The number of methoxy groups -OCH3 is 1. The van der Waals surface area contributed by atoms with Crippen molar-refractivity contribution in [3.8, 4) is 17.2 Å². The van der Waals surface area contributed by atoms with Crippen LogP contribution in [-0.2, 0) is 11.3 Å². The first-order valence-corrected chi connectivity index (χ1v) is 12.6. The van der Waals surface area contributed by atoms with E-state index in [1.54, 1.807) is 37.3 Å². The van der Waals surface area contributed by atoms with Crippen LogP contribution in [0.25, 0.3) is 11.0 Å². The van der Waals surface area contributed by atoms with E-state index in [9.17, 15) is 14.7 Å². The third-order valence-electron chi connectivity index (χ3n) is 6.68. The summed E-state index contributed by atoms with van der Waals surface area (Å²) in [7, 11) is 1.31. The van der Waals surface area contributed by atoms with Gasteiger partial charge in [-0.2, -0.15) is 0 Å². The number of hydrogen-bond acceptors (Lipinski definition) is 8. The van der Waals surface area contributed by atoms with Crippen molar-refractivity contribution in [2.45, 2.75) is 13.5 Å². The molecule has 4 aromatic rings. The van der Waals surface area contributed by atoms with Gasteiger partial charge in [0, 0.05) is 43.4 Å². The highest BCUT2D eigenvalue weighted by Crippen LogP contribution is 2.32. The van der Waals surface area contributed by atoms with Crippen molar-refractivity contribution in [1.29, 1.82) is 0 Å². The van der Waals surface area contributed by atoms with Gasteiger partial charge in [0.2, 0.25) is 11.2 Å². The lowest BCUT2D eigenvalue weighted by Crippen LogP contribution is -2.46. The predicted molar refractivity (Wildman–Crippen MR) is 146 cm³/mol. The Morgan fingerprint density at radius 3 is 2.47 bits per heavy atom. The molecule has 0 saturated carbocycles. The Balaban J connectivity index is 1.37. The number of carbonyl (C=O) groups is 1. The maximum atomic E-state index is 13.4. The molecule has 196 valence electrons. The van der Waals surface area contributed by atoms with Crippen molar-refractivity contribution >= 4 is 34.2 Å². The van der Waals surface area contributed by atoms with E-state index >= 15 is 0 Å². The van der Waals surface area contributed by atoms with E-state index < -0.39 is 5.97 Å². The largest absolute Gasteiger partial charge is 0.507 e. The van der Waals surface area contributed by atoms with Gasteiger partial charge in [-0.25, -0.2) is 4.79 Å². The first-order chi connectivity index (χ1) is 18.3. The number of aryl methyl sites for hydroxylation is 1. The summed E-state index contributed by atoms with van der Waals surface area (Å²) < 4.78 is 16.6. The zero-order valence-electron chi connectivity index (χ0n) is 21.1. The van der Waals surface area contributed by atoms with Crippen molar-refractivity contribution < 1.29 is 23.8 Å². The molecule has 9 heteroatoms. The summed E-state index contributed by atoms with van der Waals surface area (Å²) in [5.74, 6) is 0.330. The minimum Gasteiger partial charge on any atom is -0.507 e. The molecule has 0 unspecified atom stereocenters. The number of benzene rings is 3. The second-order valence-corrected chi connectivity index (χ2v) is 9.55. The highest BCUT2D eigenvalue weighted by molar-refractivity contribution is 6.30. The molecule has 0 amide bonds. The molecule has 0 spiro atoms. The van der Waals surface area contributed by atoms with Gasteiger partial charge in [-0.05, 0) is 61.5 Å². The molecule has 0 bridgehead atoms. The first kappa shape index (κ1) is 25.6. The molecule has 1 aromatic heterocycles. The Morgan fingerprint density at radius 2 is 1.79 bits per heavy atom. The van der Waals surface area contributed by atoms with Crippen molar-refractivity contribution in [2.24, 2.45) is 0 Å². The molecule has 38 heavy (non-hydrogen) atoms. The number of carbonyl (C=O) groups excluding carboxylic acids is 1. The van der Waals surface area contributed by atoms with Gasteiger partial charge >= 0.3 is 5.97 Å². The summed E-state index contributed by atoms with van der Waals surface area (Å²) in [6.07, 6.45) is 0. The number of piperazine rings is 1. The number of hydrogen-bond donors (Lipinski definition) is 1. The Morgan fingerprint density at radius 1 is 1.05 bits per heavy atom. The number of phenols is 1. The average Bonchev–Trinajstić information content (AvgIpc) is 2.93. The predicted octanol–water partition coefficient (Wildman–Crippen LogP) is 5.36. The molecule has 0 atom stereocenters. The maximum absolute atomic E-state index is 13.4. The maximum Gasteiger partial charge on any atom is 0.337 e. The van der Waals surface area contributed by atoms with Gasteiger partial charge < -0.3 is 23.9 Å². The van der Waals surface area contributed by atoms with E-state index in [0.29, 0.717) is 39.4 Å². The van der Waals surface area contributed by atoms with Gasteiger partial charge in [-0.3, -0.25) is 9.69 Å². The van der Waals surface area contributed by atoms with Crippen LogP contribution in [0.4, 0.5) is 5.69 Å². The zero-order chi connectivity index (χ0) is 26.8. The van der Waals surface area contributed by atoms with Crippen molar-refractivity contribution in [3.63, 3.8) is 0 Å². The average molecular weight is 535 g/mol. The van der Waals surface area contributed by atoms with Crippen LogP contribution in [0.1, 0.15) is 21.7 Å². The number of esters is 1. The topological polar surface area (TPSA) is 92.5 Å². The fourth-order valence-corrected chi connectivity index (χ4v) is 4.81. The van der Waals surface area contributed by atoms with Crippen LogP contribution < -0.4 is 15.1 Å². The molecule has 0 aliphatic carbocycles. The van der Waals surface area contributed by atoms with Crippen molar-refractivity contribution in [2.75, 3.05) is 38.2 Å². The van der Waals surface area contributed by atoms with E-state index in [1.165, 1.54) is 13.2 Å². The van der Waals surface area contributed by atoms with Gasteiger partial charge in [0.25, 0.3) is 0 Å². The van der Waals surface area contributed by atoms with Crippen LogP contribution >= 0.6 is 11.6 Å². The summed E-state index contributed by atoms with van der Waals surface area (Å²) in [6.45, 7) is 5.24. The van der Waals surface area contributed by atoms with Crippen LogP contribution in [-0.4, -0.2) is 49.3 Å². The van der Waals surface area contributed by atoms with Crippen LogP contribution in [0, 0.1) is 6.92 Å². The monoisotopic (exact) mass is 534 g/mol. The van der Waals surface area contributed by atoms with Crippen LogP contribution in [0.3, 0.4) is 0 Å². The molecule has 1 saturated heterocycles. The fraction of sp³-hybridized carbons (Fsp3) is 0.241. The van der Waals surface area contributed by atoms with Gasteiger partial charge in [-0.1, -0.05) is 17.7 Å². The van der Waals surface area contributed by atoms with Crippen LogP contribution in [0.2, 0.25) is 5.02 Å². The first-order valence-electron chi connectivity index (χ1n) is 12.2. The molecule has 1 aliphatic heterocycles. The lowest BCUT2D eigenvalue weighted by Gasteiger charge is -2.36. The van der Waals surface area contributed by atoms with Gasteiger partial charge in [0.1, 0.15) is 22.8 Å². The van der Waals surface area contributed by atoms with Crippen molar-refractivity contribution in [3.05, 3.63) is 92.8 Å². The van der Waals surface area contributed by atoms with Crippen LogP contribution in [0.15, 0.2) is 69.9 Å². The molecule has 8 nitrogen and oxygen atoms in total. The fourth-order valence-electron chi connectivity index (χ4n) is 4.62. The van der Waals surface area contributed by atoms with E-state index in [4.69, 9.17) is 25.5 Å². The van der Waals surface area contributed by atoms with E-state index in [0.717, 1.165) is 31.9 Å². The second kappa shape index (κ2) is 10.8. The second-order valence-electron chi connectivity index (χ2n) is 9.12. The minimum absolute atomic E-state index is 0.0510. The van der Waals surface area contributed by atoms with Gasteiger partial charge in [0.05, 0.1) is 23.6 Å². The number of rotatable bonds is 6. The quantitative estimate of drug-likeness (QED) is 0.330. The van der Waals surface area contributed by atoms with E-state index in [2.05, 4.69) is 9.80 Å². The Labute approximate surface area is 224 Å². The standard InChI is InChI=1S/C29H27ClN2O6/c1-18-27(38-22-8-6-19(7-9-22)29(35)36-2)26(34)23-10-11-25(33)24(28(23)37-18)17-31-12-14-32(15-13-31)21-5-3-4-20(30)16-21/h3-11,16,33H,12-15,17H2,1-2H3. The summed E-state index contributed by atoms with van der Waals surface area (Å²) in [5, 5.41) is 11.7. The zero-order valence-corrected chi connectivity index (χ0v) is 21.8. The van der Waals surface area contributed by atoms with Crippen LogP contribution in [0.5, 0.6) is 17.2 Å². The number of aromatic hydroxyl groups is 1. The Kier molecular flexibility index (Phi) is 7.26. The Hall–Kier alpha value is -4.01. The summed E-state index contributed by atoms with van der Waals surface area (Å²) in [4.78, 5) is 29.6. The molecule has 1 N–H and O–H groups in total. The molecule has 3 aromatic carbocycles. The van der Waals surface area contributed by atoms with E-state index in [1.807, 2.05) is 24.3 Å². The number of phenolic OH excluding ortho intramolecular Hbond substituents is 1. The third-order valence-corrected chi connectivity index (χ3v) is 6.92. The molecule has 1 fully saturated rings. The molecule has 5 rings (SSSR count). The van der Waals surface area contributed by atoms with Gasteiger partial charge in [-0.15, -0.1) is 0 Å². The number of nitrogens with zero attached hydrogens (tertiary/aromatic N) is 2. The summed E-state index contributed by atoms with van der Waals surface area (Å²) >= 11 is 6.15.